The average molecular weight is 322 g/mol. The molecular formula is C14H15ClF3NO2. The molecule has 7 heteroatoms. The highest BCUT2D eigenvalue weighted by Gasteiger charge is 2.38. The lowest BCUT2D eigenvalue weighted by Crippen LogP contribution is -2.33. The average Bonchev–Trinajstić information content (AvgIpc) is 3.20. The standard InChI is InChI=1S/C14H15ClF3NO2/c1-2-21-13(20)12(8-3-4-8)19-11-6-5-9(7-10(11)15)14(16,17)18/h5-8,12,19H,2-4H2,1H3. The van der Waals surface area contributed by atoms with Crippen LogP contribution in [0.4, 0.5) is 18.9 Å². The van der Waals surface area contributed by atoms with Crippen LogP contribution in [0, 0.1) is 5.92 Å². The van der Waals surface area contributed by atoms with Gasteiger partial charge in [-0.2, -0.15) is 13.2 Å². The second kappa shape index (κ2) is 6.13. The van der Waals surface area contributed by atoms with E-state index in [-0.39, 0.29) is 17.5 Å². The minimum Gasteiger partial charge on any atom is -0.464 e. The van der Waals surface area contributed by atoms with E-state index in [1.54, 1.807) is 6.92 Å². The fourth-order valence-electron chi connectivity index (χ4n) is 2.01. The number of anilines is 1. The first kappa shape index (κ1) is 15.9. The highest BCUT2D eigenvalue weighted by Crippen LogP contribution is 2.38. The molecule has 0 heterocycles. The van der Waals surface area contributed by atoms with E-state index in [1.807, 2.05) is 0 Å². The number of ether oxygens (including phenoxy) is 1. The predicted octanol–water partition coefficient (Wildman–Crippen LogP) is 4.11. The maximum atomic E-state index is 12.6. The van der Waals surface area contributed by atoms with E-state index in [9.17, 15) is 18.0 Å². The zero-order valence-electron chi connectivity index (χ0n) is 11.3. The minimum absolute atomic E-state index is 0.0697. The molecule has 0 bridgehead atoms. The number of hydrogen-bond donors (Lipinski definition) is 1. The van der Waals surface area contributed by atoms with Crippen LogP contribution in [0.25, 0.3) is 0 Å². The van der Waals surface area contributed by atoms with Gasteiger partial charge in [-0.1, -0.05) is 11.6 Å². The van der Waals surface area contributed by atoms with E-state index in [1.165, 1.54) is 6.07 Å². The van der Waals surface area contributed by atoms with Gasteiger partial charge in [-0.25, -0.2) is 4.79 Å². The van der Waals surface area contributed by atoms with Crippen molar-refractivity contribution in [2.24, 2.45) is 5.92 Å². The smallest absolute Gasteiger partial charge is 0.416 e. The Bertz CT molecular complexity index is 529. The van der Waals surface area contributed by atoms with E-state index in [0.717, 1.165) is 25.0 Å². The van der Waals surface area contributed by atoms with Gasteiger partial charge < -0.3 is 10.1 Å². The molecule has 2 rings (SSSR count). The number of alkyl halides is 3. The van der Waals surface area contributed by atoms with Crippen LogP contribution in [0.15, 0.2) is 18.2 Å². The van der Waals surface area contributed by atoms with Crippen LogP contribution in [0.1, 0.15) is 25.3 Å². The molecular weight excluding hydrogens is 307 g/mol. The highest BCUT2D eigenvalue weighted by molar-refractivity contribution is 6.33. The highest BCUT2D eigenvalue weighted by atomic mass is 35.5. The number of halogens is 4. The number of rotatable bonds is 5. The molecule has 1 N–H and O–H groups in total. The molecule has 1 aromatic carbocycles. The topological polar surface area (TPSA) is 38.3 Å². The van der Waals surface area contributed by atoms with Crippen LogP contribution in [0.2, 0.25) is 5.02 Å². The van der Waals surface area contributed by atoms with Gasteiger partial charge in [0.05, 0.1) is 22.9 Å². The number of esters is 1. The Kier molecular flexibility index (Phi) is 4.66. The van der Waals surface area contributed by atoms with Crippen molar-refractivity contribution in [2.75, 3.05) is 11.9 Å². The third kappa shape index (κ3) is 4.03. The lowest BCUT2D eigenvalue weighted by Gasteiger charge is -2.19. The number of benzene rings is 1. The zero-order chi connectivity index (χ0) is 15.6. The van der Waals surface area contributed by atoms with Crippen LogP contribution in [-0.2, 0) is 15.7 Å². The SMILES string of the molecule is CCOC(=O)C(Nc1ccc(C(F)(F)F)cc1Cl)C1CC1. The second-order valence-electron chi connectivity index (χ2n) is 4.90. The first-order valence-electron chi connectivity index (χ1n) is 6.63. The molecule has 1 aliphatic carbocycles. The largest absolute Gasteiger partial charge is 0.464 e. The summed E-state index contributed by atoms with van der Waals surface area (Å²) in [6, 6.07) is 2.45. The maximum absolute atomic E-state index is 12.6. The summed E-state index contributed by atoms with van der Waals surface area (Å²) < 4.78 is 42.7. The molecule has 0 aromatic heterocycles. The lowest BCUT2D eigenvalue weighted by atomic mass is 10.1. The van der Waals surface area contributed by atoms with Gasteiger partial charge in [0.25, 0.3) is 0 Å². The summed E-state index contributed by atoms with van der Waals surface area (Å²) in [6.07, 6.45) is -2.68. The van der Waals surface area contributed by atoms with Crippen molar-refractivity contribution in [3.05, 3.63) is 28.8 Å². The molecule has 1 atom stereocenters. The monoisotopic (exact) mass is 321 g/mol. The summed E-state index contributed by atoms with van der Waals surface area (Å²) in [6.45, 7) is 1.96. The van der Waals surface area contributed by atoms with Crippen molar-refractivity contribution in [3.8, 4) is 0 Å². The molecule has 0 amide bonds. The van der Waals surface area contributed by atoms with Gasteiger partial charge in [0.1, 0.15) is 6.04 Å². The number of nitrogens with one attached hydrogen (secondary N) is 1. The Balaban J connectivity index is 2.16. The summed E-state index contributed by atoms with van der Waals surface area (Å²) in [5.74, 6) is -0.265. The summed E-state index contributed by atoms with van der Waals surface area (Å²) >= 11 is 5.87. The molecule has 0 radical (unpaired) electrons. The van der Waals surface area contributed by atoms with Crippen LogP contribution < -0.4 is 5.32 Å². The molecule has 3 nitrogen and oxygen atoms in total. The summed E-state index contributed by atoms with van der Waals surface area (Å²) in [5, 5.41) is 2.83. The summed E-state index contributed by atoms with van der Waals surface area (Å²) in [7, 11) is 0. The quantitative estimate of drug-likeness (QED) is 0.829. The Morgan fingerprint density at radius 1 is 1.48 bits per heavy atom. The van der Waals surface area contributed by atoms with Gasteiger partial charge in [-0.05, 0) is 43.9 Å². The van der Waals surface area contributed by atoms with Crippen LogP contribution >= 0.6 is 11.6 Å². The first-order chi connectivity index (χ1) is 9.82. The predicted molar refractivity (Wildman–Crippen MR) is 73.2 cm³/mol. The first-order valence-corrected chi connectivity index (χ1v) is 7.00. The molecule has 0 saturated heterocycles. The van der Waals surface area contributed by atoms with Crippen molar-refractivity contribution in [1.29, 1.82) is 0 Å². The fourth-order valence-corrected chi connectivity index (χ4v) is 2.24. The van der Waals surface area contributed by atoms with Gasteiger partial charge in [0, 0.05) is 0 Å². The van der Waals surface area contributed by atoms with Gasteiger partial charge in [-0.3, -0.25) is 0 Å². The van der Waals surface area contributed by atoms with Crippen LogP contribution in [-0.4, -0.2) is 18.6 Å². The Hall–Kier alpha value is -1.43. The number of hydrogen-bond acceptors (Lipinski definition) is 3. The number of carbonyl (C=O) groups is 1. The minimum atomic E-state index is -4.45. The molecule has 0 aliphatic heterocycles. The van der Waals surface area contributed by atoms with Crippen molar-refractivity contribution in [2.45, 2.75) is 32.0 Å². The molecule has 1 saturated carbocycles. The molecule has 1 aliphatic rings. The second-order valence-corrected chi connectivity index (χ2v) is 5.31. The van der Waals surface area contributed by atoms with Gasteiger partial charge in [0.2, 0.25) is 0 Å². The molecule has 1 unspecified atom stereocenters. The molecule has 21 heavy (non-hydrogen) atoms. The molecule has 0 spiro atoms. The fraction of sp³-hybridized carbons (Fsp3) is 0.500. The van der Waals surface area contributed by atoms with Crippen LogP contribution in [0.3, 0.4) is 0 Å². The third-order valence-corrected chi connectivity index (χ3v) is 3.55. The van der Waals surface area contributed by atoms with E-state index in [2.05, 4.69) is 5.32 Å². The zero-order valence-corrected chi connectivity index (χ0v) is 12.1. The van der Waals surface area contributed by atoms with Gasteiger partial charge >= 0.3 is 12.1 Å². The normalized spacial score (nSPS) is 16.4. The van der Waals surface area contributed by atoms with Crippen molar-refractivity contribution in [3.63, 3.8) is 0 Å². The van der Waals surface area contributed by atoms with Crippen molar-refractivity contribution in [1.82, 2.24) is 0 Å². The molecule has 1 fully saturated rings. The van der Waals surface area contributed by atoms with E-state index in [0.29, 0.717) is 5.69 Å². The maximum Gasteiger partial charge on any atom is 0.416 e. The Morgan fingerprint density at radius 3 is 2.62 bits per heavy atom. The molecule has 116 valence electrons. The van der Waals surface area contributed by atoms with Crippen molar-refractivity contribution >= 4 is 23.3 Å². The Morgan fingerprint density at radius 2 is 2.14 bits per heavy atom. The van der Waals surface area contributed by atoms with Gasteiger partial charge in [0.15, 0.2) is 0 Å². The van der Waals surface area contributed by atoms with E-state index < -0.39 is 23.8 Å². The van der Waals surface area contributed by atoms with Crippen LogP contribution in [0.5, 0.6) is 0 Å². The third-order valence-electron chi connectivity index (χ3n) is 3.24. The van der Waals surface area contributed by atoms with E-state index >= 15 is 0 Å². The Labute approximate surface area is 125 Å². The van der Waals surface area contributed by atoms with Gasteiger partial charge in [-0.15, -0.1) is 0 Å². The summed E-state index contributed by atoms with van der Waals surface area (Å²) in [5.41, 5.74) is -0.522. The lowest BCUT2D eigenvalue weighted by molar-refractivity contribution is -0.144. The van der Waals surface area contributed by atoms with Crippen molar-refractivity contribution < 1.29 is 22.7 Å². The number of carbonyl (C=O) groups excluding carboxylic acids is 1. The van der Waals surface area contributed by atoms with E-state index in [4.69, 9.17) is 16.3 Å². The summed E-state index contributed by atoms with van der Waals surface area (Å²) in [4.78, 5) is 11.9. The molecule has 1 aromatic rings.